The van der Waals surface area contributed by atoms with Crippen LogP contribution in [0.4, 0.5) is 0 Å². The fourth-order valence-electron chi connectivity index (χ4n) is 2.63. The number of nitrogens with zero attached hydrogens (tertiary/aromatic N) is 3. The number of carbonyl (C=O) groups excluding carboxylic acids is 2. The summed E-state index contributed by atoms with van der Waals surface area (Å²) in [6, 6.07) is 10.6. The Kier molecular flexibility index (Phi) is 4.83. The summed E-state index contributed by atoms with van der Waals surface area (Å²) < 4.78 is 2.01. The highest BCUT2D eigenvalue weighted by Crippen LogP contribution is 2.26. The average molecular weight is 468 g/mol. The maximum absolute atomic E-state index is 13.0. The topological polar surface area (TPSA) is 55.2 Å². The summed E-state index contributed by atoms with van der Waals surface area (Å²) in [5.74, 6) is -0.448. The first kappa shape index (κ1) is 17.9. The summed E-state index contributed by atoms with van der Waals surface area (Å²) in [7, 11) is 3.37. The van der Waals surface area contributed by atoms with Gasteiger partial charge >= 0.3 is 0 Å². The van der Waals surface area contributed by atoms with Crippen LogP contribution in [-0.2, 0) is 0 Å². The lowest BCUT2D eigenvalue weighted by Gasteiger charge is -2.11. The van der Waals surface area contributed by atoms with E-state index in [-0.39, 0.29) is 11.8 Å². The fraction of sp³-hybridized carbons (Fsp3) is 0.167. The van der Waals surface area contributed by atoms with Crippen LogP contribution in [0, 0.1) is 10.6 Å². The third-order valence-corrected chi connectivity index (χ3v) is 5.03. The second kappa shape index (κ2) is 6.76. The lowest BCUT2D eigenvalue weighted by Crippen LogP contribution is -2.21. The summed E-state index contributed by atoms with van der Waals surface area (Å²) >= 11 is 8.31. The molecule has 0 fully saturated rings. The first-order valence-electron chi connectivity index (χ1n) is 7.51. The SMILES string of the molecule is Cc1cccc(Cl)c1C(=O)n1nc(I)c2ccc(C(=O)N(C)C)cc21. The van der Waals surface area contributed by atoms with Crippen LogP contribution in [0.5, 0.6) is 0 Å². The molecule has 3 aromatic rings. The van der Waals surface area contributed by atoms with Crippen molar-refractivity contribution in [1.29, 1.82) is 0 Å². The lowest BCUT2D eigenvalue weighted by molar-refractivity contribution is 0.0827. The van der Waals surface area contributed by atoms with Crippen molar-refractivity contribution in [1.82, 2.24) is 14.7 Å². The second-order valence-corrected chi connectivity index (χ2v) is 7.30. The van der Waals surface area contributed by atoms with Crippen LogP contribution in [0.25, 0.3) is 10.9 Å². The highest BCUT2D eigenvalue weighted by atomic mass is 127. The molecule has 0 saturated heterocycles. The zero-order chi connectivity index (χ0) is 18.3. The van der Waals surface area contributed by atoms with Gasteiger partial charge in [0.25, 0.3) is 11.8 Å². The van der Waals surface area contributed by atoms with Gasteiger partial charge in [-0.25, -0.2) is 0 Å². The van der Waals surface area contributed by atoms with Crippen LogP contribution >= 0.6 is 34.2 Å². The molecule has 2 aromatic carbocycles. The highest BCUT2D eigenvalue weighted by Gasteiger charge is 2.21. The van der Waals surface area contributed by atoms with Crippen LogP contribution in [0.1, 0.15) is 26.3 Å². The Bertz CT molecular complexity index is 991. The number of hydrogen-bond donors (Lipinski definition) is 0. The molecule has 0 saturated carbocycles. The van der Waals surface area contributed by atoms with E-state index in [1.165, 1.54) is 9.58 Å². The van der Waals surface area contributed by atoms with E-state index in [1.54, 1.807) is 38.4 Å². The van der Waals surface area contributed by atoms with E-state index in [1.807, 2.05) is 19.1 Å². The van der Waals surface area contributed by atoms with Crippen molar-refractivity contribution in [2.24, 2.45) is 0 Å². The summed E-state index contributed by atoms with van der Waals surface area (Å²) in [4.78, 5) is 26.8. The van der Waals surface area contributed by atoms with E-state index in [0.717, 1.165) is 10.9 Å². The lowest BCUT2D eigenvalue weighted by atomic mass is 10.1. The van der Waals surface area contributed by atoms with Gasteiger partial charge in [-0.1, -0.05) is 23.7 Å². The standard InChI is InChI=1S/C18H15ClIN3O2/c1-10-5-4-6-13(19)15(10)18(25)23-14-9-11(17(24)22(2)3)7-8-12(14)16(20)21-23/h4-9H,1-3H3. The number of carbonyl (C=O) groups is 2. The highest BCUT2D eigenvalue weighted by molar-refractivity contribution is 14.1. The van der Waals surface area contributed by atoms with E-state index in [0.29, 0.717) is 25.4 Å². The van der Waals surface area contributed by atoms with Gasteiger partial charge in [0.1, 0.15) is 3.70 Å². The minimum Gasteiger partial charge on any atom is -0.345 e. The molecule has 0 bridgehead atoms. The first-order valence-corrected chi connectivity index (χ1v) is 8.96. The molecule has 1 aromatic heterocycles. The molecule has 1 amide bonds. The molecule has 128 valence electrons. The van der Waals surface area contributed by atoms with Gasteiger partial charge in [-0.2, -0.15) is 9.78 Å². The molecule has 25 heavy (non-hydrogen) atoms. The Labute approximate surface area is 163 Å². The number of halogens is 2. The summed E-state index contributed by atoms with van der Waals surface area (Å²) in [5, 5.41) is 5.56. The quantitative estimate of drug-likeness (QED) is 0.536. The van der Waals surface area contributed by atoms with Crippen molar-refractivity contribution in [2.45, 2.75) is 6.92 Å². The molecule has 1 heterocycles. The number of amides is 1. The minimum atomic E-state index is -0.314. The molecule has 5 nitrogen and oxygen atoms in total. The molecule has 0 atom stereocenters. The molecule has 0 spiro atoms. The first-order chi connectivity index (χ1) is 11.8. The number of aromatic nitrogens is 2. The zero-order valence-electron chi connectivity index (χ0n) is 13.9. The van der Waals surface area contributed by atoms with Crippen LogP contribution in [0.15, 0.2) is 36.4 Å². The van der Waals surface area contributed by atoms with Gasteiger partial charge in [0.15, 0.2) is 0 Å². The van der Waals surface area contributed by atoms with E-state index in [9.17, 15) is 9.59 Å². The van der Waals surface area contributed by atoms with Crippen molar-refractivity contribution in [3.63, 3.8) is 0 Å². The number of rotatable bonds is 2. The number of fused-ring (bicyclic) bond motifs is 1. The fourth-order valence-corrected chi connectivity index (χ4v) is 3.61. The molecule has 0 radical (unpaired) electrons. The van der Waals surface area contributed by atoms with Gasteiger partial charge in [-0.05, 0) is 59.3 Å². The second-order valence-electron chi connectivity index (χ2n) is 5.87. The third kappa shape index (κ3) is 3.16. The van der Waals surface area contributed by atoms with Gasteiger partial charge < -0.3 is 4.90 Å². The maximum Gasteiger partial charge on any atom is 0.280 e. The Morgan fingerprint density at radius 1 is 1.20 bits per heavy atom. The molecular weight excluding hydrogens is 453 g/mol. The summed E-state index contributed by atoms with van der Waals surface area (Å²) in [6.45, 7) is 1.83. The molecule has 0 aliphatic rings. The van der Waals surface area contributed by atoms with Crippen molar-refractivity contribution < 1.29 is 9.59 Å². The maximum atomic E-state index is 13.0. The van der Waals surface area contributed by atoms with Crippen LogP contribution < -0.4 is 0 Å². The van der Waals surface area contributed by atoms with Gasteiger partial charge in [0, 0.05) is 25.0 Å². The van der Waals surface area contributed by atoms with Crippen molar-refractivity contribution in [3.8, 4) is 0 Å². The molecular formula is C18H15ClIN3O2. The number of benzene rings is 2. The van der Waals surface area contributed by atoms with Crippen molar-refractivity contribution in [3.05, 3.63) is 61.8 Å². The molecule has 0 unspecified atom stereocenters. The van der Waals surface area contributed by atoms with E-state index < -0.39 is 0 Å². The van der Waals surface area contributed by atoms with E-state index in [2.05, 4.69) is 27.7 Å². The Morgan fingerprint density at radius 2 is 1.92 bits per heavy atom. The smallest absolute Gasteiger partial charge is 0.280 e. The Morgan fingerprint density at radius 3 is 2.56 bits per heavy atom. The average Bonchev–Trinajstić information content (AvgIpc) is 2.90. The van der Waals surface area contributed by atoms with Crippen molar-refractivity contribution >= 4 is 56.9 Å². The zero-order valence-corrected chi connectivity index (χ0v) is 16.8. The third-order valence-electron chi connectivity index (χ3n) is 3.92. The van der Waals surface area contributed by atoms with Gasteiger partial charge in [0.2, 0.25) is 0 Å². The van der Waals surface area contributed by atoms with E-state index >= 15 is 0 Å². The van der Waals surface area contributed by atoms with Gasteiger partial charge in [-0.15, -0.1) is 0 Å². The van der Waals surface area contributed by atoms with Crippen LogP contribution in [-0.4, -0.2) is 40.6 Å². The van der Waals surface area contributed by atoms with Gasteiger partial charge in [-0.3, -0.25) is 9.59 Å². The Hall–Kier alpha value is -1.93. The largest absolute Gasteiger partial charge is 0.345 e. The van der Waals surface area contributed by atoms with Gasteiger partial charge in [0.05, 0.1) is 16.1 Å². The van der Waals surface area contributed by atoms with Crippen LogP contribution in [0.2, 0.25) is 5.02 Å². The molecule has 0 N–H and O–H groups in total. The van der Waals surface area contributed by atoms with E-state index in [4.69, 9.17) is 11.6 Å². The summed E-state index contributed by atoms with van der Waals surface area (Å²) in [5.41, 5.74) is 2.27. The summed E-state index contributed by atoms with van der Waals surface area (Å²) in [6.07, 6.45) is 0. The number of hydrogen-bond acceptors (Lipinski definition) is 3. The predicted molar refractivity (Wildman–Crippen MR) is 106 cm³/mol. The molecule has 3 rings (SSSR count). The molecule has 0 aliphatic carbocycles. The minimum absolute atomic E-state index is 0.133. The number of aryl methyl sites for hydroxylation is 1. The molecule has 0 aliphatic heterocycles. The van der Waals surface area contributed by atoms with Crippen LogP contribution in [0.3, 0.4) is 0 Å². The molecule has 7 heteroatoms. The van der Waals surface area contributed by atoms with Crippen molar-refractivity contribution in [2.75, 3.05) is 14.1 Å². The predicted octanol–water partition coefficient (Wildman–Crippen LogP) is 3.99. The Balaban J connectivity index is 2.21. The normalized spacial score (nSPS) is 10.9. The monoisotopic (exact) mass is 467 g/mol.